The minimum absolute atomic E-state index is 0.378. The Hall–Kier alpha value is -6.08. The van der Waals surface area contributed by atoms with Crippen molar-refractivity contribution in [2.24, 2.45) is 0 Å². The van der Waals surface area contributed by atoms with Gasteiger partial charge in [-0.15, -0.1) is 0 Å². The van der Waals surface area contributed by atoms with Gasteiger partial charge in [0.15, 0.2) is 0 Å². The van der Waals surface area contributed by atoms with Crippen LogP contribution >= 0.6 is 39.1 Å². The number of morpholine rings is 1. The zero-order valence-corrected chi connectivity index (χ0v) is 41.8. The van der Waals surface area contributed by atoms with Gasteiger partial charge in [-0.1, -0.05) is 87.7 Å². The Morgan fingerprint density at radius 3 is 1.55 bits per heavy atom. The number of carbonyl (C=O) groups excluding carboxylic acids is 2. The van der Waals surface area contributed by atoms with Crippen molar-refractivity contribution >= 4 is 72.9 Å². The number of esters is 2. The molecule has 2 aromatic heterocycles. The SMILES string of the molecule is COC(=O)c1cc(Cl)ccc1Cc1ccc2c(ccn2Cc2cccc(OCCBr)c2)c1.COC(=O)c1cc(Cl)ccc1Cc1ccc2c(ccn2Cc2cccc(OCCN3CCOCC3)c2)c1. The van der Waals surface area contributed by atoms with Crippen LogP contribution < -0.4 is 9.47 Å². The molecule has 1 aliphatic rings. The highest BCUT2D eigenvalue weighted by molar-refractivity contribution is 9.09. The number of hydrogen-bond acceptors (Lipinski definition) is 8. The van der Waals surface area contributed by atoms with Crippen LogP contribution in [0.3, 0.4) is 0 Å². The Bertz CT molecular complexity index is 3040. The number of fused-ring (bicyclic) bond motifs is 2. The van der Waals surface area contributed by atoms with Crippen LogP contribution in [0.2, 0.25) is 10.0 Å². The molecule has 1 fully saturated rings. The summed E-state index contributed by atoms with van der Waals surface area (Å²) in [6.45, 7) is 7.29. The molecule has 0 aliphatic carbocycles. The number of halogens is 3. The Balaban J connectivity index is 0.000000188. The molecule has 0 atom stereocenters. The summed E-state index contributed by atoms with van der Waals surface area (Å²) in [5, 5.41) is 4.15. The third-order valence-electron chi connectivity index (χ3n) is 12.0. The zero-order chi connectivity index (χ0) is 48.1. The van der Waals surface area contributed by atoms with E-state index in [4.69, 9.17) is 46.9 Å². The van der Waals surface area contributed by atoms with Crippen LogP contribution in [0.25, 0.3) is 21.8 Å². The van der Waals surface area contributed by atoms with E-state index in [9.17, 15) is 9.59 Å². The van der Waals surface area contributed by atoms with Crippen molar-refractivity contribution in [1.29, 1.82) is 0 Å². The van der Waals surface area contributed by atoms with Crippen LogP contribution in [0.15, 0.2) is 146 Å². The number of ether oxygens (including phenoxy) is 5. The van der Waals surface area contributed by atoms with Gasteiger partial charge in [0.1, 0.15) is 18.1 Å². The summed E-state index contributed by atoms with van der Waals surface area (Å²) < 4.78 is 31.5. The Morgan fingerprint density at radius 1 is 0.580 bits per heavy atom. The molecule has 1 aliphatic heterocycles. The molecule has 8 aromatic rings. The highest BCUT2D eigenvalue weighted by Crippen LogP contribution is 2.27. The number of methoxy groups -OCH3 is 2. The first kappa shape index (κ1) is 49.3. The van der Waals surface area contributed by atoms with Crippen LogP contribution in [0, 0.1) is 0 Å². The standard InChI is InChI=1S/C30H31ClN2O4.C26H23BrClNO3/c1-35-30(34)28-20-26(31)7-6-24(28)17-22-5-8-29-25(18-22)9-10-33(29)21-23-3-2-4-27(19-23)37-16-13-32-11-14-36-15-12-32;1-31-26(30)24-16-22(28)7-6-20(24)13-18-5-8-25-21(14-18)9-11-29(25)17-19-3-2-4-23(15-19)32-12-10-27/h2-10,18-20H,11-17,21H2,1H3;2-9,11,14-16H,10,12-13,17H2,1H3. The van der Waals surface area contributed by atoms with E-state index in [0.717, 1.165) is 107 Å². The van der Waals surface area contributed by atoms with Crippen LogP contribution in [-0.2, 0) is 40.1 Å². The largest absolute Gasteiger partial charge is 0.493 e. The molecule has 9 rings (SSSR count). The molecule has 69 heavy (non-hydrogen) atoms. The van der Waals surface area contributed by atoms with Crippen LogP contribution in [0.1, 0.15) is 54.1 Å². The van der Waals surface area contributed by atoms with Gasteiger partial charge in [-0.25, -0.2) is 9.59 Å². The molecular weight excluding hydrogens is 977 g/mol. The van der Waals surface area contributed by atoms with Crippen molar-refractivity contribution in [3.05, 3.63) is 200 Å². The van der Waals surface area contributed by atoms with Gasteiger partial charge in [-0.05, 0) is 142 Å². The summed E-state index contributed by atoms with van der Waals surface area (Å²) in [4.78, 5) is 26.7. The summed E-state index contributed by atoms with van der Waals surface area (Å²) in [5.74, 6) is 1.02. The smallest absolute Gasteiger partial charge is 0.338 e. The number of rotatable bonds is 17. The molecule has 0 unspecified atom stereocenters. The maximum Gasteiger partial charge on any atom is 0.338 e. The van der Waals surface area contributed by atoms with Gasteiger partial charge >= 0.3 is 11.9 Å². The lowest BCUT2D eigenvalue weighted by molar-refractivity contribution is 0.0322. The first-order valence-electron chi connectivity index (χ1n) is 22.8. The zero-order valence-electron chi connectivity index (χ0n) is 38.7. The number of alkyl halides is 1. The number of hydrogen-bond donors (Lipinski definition) is 0. The number of nitrogens with zero attached hydrogens (tertiary/aromatic N) is 3. The topological polar surface area (TPSA) is 93.4 Å². The molecule has 13 heteroatoms. The minimum atomic E-state index is -0.378. The predicted octanol–water partition coefficient (Wildman–Crippen LogP) is 11.9. The summed E-state index contributed by atoms with van der Waals surface area (Å²) in [7, 11) is 2.76. The molecule has 1 saturated heterocycles. The number of aromatic nitrogens is 2. The van der Waals surface area contributed by atoms with Crippen LogP contribution in [0.5, 0.6) is 11.5 Å². The van der Waals surface area contributed by atoms with E-state index in [1.54, 1.807) is 24.3 Å². The van der Waals surface area contributed by atoms with Crippen molar-refractivity contribution < 1.29 is 33.3 Å². The Labute approximate surface area is 421 Å². The Kier molecular flexibility index (Phi) is 17.1. The number of carbonyl (C=O) groups is 2. The molecule has 10 nitrogen and oxygen atoms in total. The first-order chi connectivity index (χ1) is 33.7. The highest BCUT2D eigenvalue weighted by atomic mass is 79.9. The van der Waals surface area contributed by atoms with Gasteiger partial charge in [0.05, 0.1) is 45.2 Å². The molecule has 0 saturated carbocycles. The van der Waals surface area contributed by atoms with Gasteiger partial charge in [0.2, 0.25) is 0 Å². The van der Waals surface area contributed by atoms with Gasteiger partial charge in [0.25, 0.3) is 0 Å². The van der Waals surface area contributed by atoms with E-state index in [-0.39, 0.29) is 11.9 Å². The molecule has 0 amide bonds. The summed E-state index contributed by atoms with van der Waals surface area (Å²) in [6, 6.07) is 44.3. The first-order valence-corrected chi connectivity index (χ1v) is 24.7. The highest BCUT2D eigenvalue weighted by Gasteiger charge is 2.16. The normalized spacial score (nSPS) is 12.7. The quantitative estimate of drug-likeness (QED) is 0.0658. The fraction of sp³-hybridized carbons (Fsp3) is 0.250. The van der Waals surface area contributed by atoms with Crippen molar-refractivity contribution in [3.63, 3.8) is 0 Å². The second-order valence-corrected chi connectivity index (χ2v) is 18.4. The molecule has 0 N–H and O–H groups in total. The average Bonchev–Trinajstić information content (AvgIpc) is 3.97. The van der Waals surface area contributed by atoms with E-state index >= 15 is 0 Å². The monoisotopic (exact) mass is 1030 g/mol. The summed E-state index contributed by atoms with van der Waals surface area (Å²) in [6.07, 6.45) is 5.45. The van der Waals surface area contributed by atoms with Gasteiger partial charge < -0.3 is 32.8 Å². The summed E-state index contributed by atoms with van der Waals surface area (Å²) in [5.41, 5.74) is 9.70. The van der Waals surface area contributed by atoms with E-state index in [1.807, 2.05) is 36.4 Å². The number of benzene rings is 6. The maximum absolute atomic E-state index is 12.2. The van der Waals surface area contributed by atoms with Crippen molar-refractivity contribution in [2.75, 3.05) is 65.6 Å². The molecule has 0 radical (unpaired) electrons. The van der Waals surface area contributed by atoms with Crippen LogP contribution in [0.4, 0.5) is 0 Å². The van der Waals surface area contributed by atoms with Gasteiger partial charge in [-0.3, -0.25) is 4.90 Å². The minimum Gasteiger partial charge on any atom is -0.493 e. The third-order valence-corrected chi connectivity index (χ3v) is 12.8. The second kappa shape index (κ2) is 24.0. The Morgan fingerprint density at radius 2 is 1.07 bits per heavy atom. The lowest BCUT2D eigenvalue weighted by Crippen LogP contribution is -2.38. The van der Waals surface area contributed by atoms with Crippen LogP contribution in [-0.4, -0.2) is 91.6 Å². The fourth-order valence-electron chi connectivity index (χ4n) is 8.57. The lowest BCUT2D eigenvalue weighted by Gasteiger charge is -2.26. The van der Waals surface area contributed by atoms with Crippen molar-refractivity contribution in [3.8, 4) is 11.5 Å². The van der Waals surface area contributed by atoms with Crippen molar-refractivity contribution in [1.82, 2.24) is 14.0 Å². The predicted molar refractivity (Wildman–Crippen MR) is 278 cm³/mol. The average molecular weight is 1030 g/mol. The van der Waals surface area contributed by atoms with E-state index in [1.165, 1.54) is 25.3 Å². The second-order valence-electron chi connectivity index (χ2n) is 16.7. The van der Waals surface area contributed by atoms with E-state index < -0.39 is 0 Å². The van der Waals surface area contributed by atoms with Gasteiger partial charge in [0, 0.05) is 71.5 Å². The van der Waals surface area contributed by atoms with Crippen molar-refractivity contribution in [2.45, 2.75) is 25.9 Å². The summed E-state index contributed by atoms with van der Waals surface area (Å²) >= 11 is 15.6. The van der Waals surface area contributed by atoms with E-state index in [0.29, 0.717) is 47.2 Å². The fourth-order valence-corrected chi connectivity index (χ4v) is 9.08. The molecule has 356 valence electrons. The third kappa shape index (κ3) is 13.2. The maximum atomic E-state index is 12.2. The molecule has 0 bridgehead atoms. The molecular formula is C56H54BrCl2N3O7. The van der Waals surface area contributed by atoms with E-state index in [2.05, 4.69) is 115 Å². The molecule has 3 heterocycles. The molecule has 6 aromatic carbocycles. The van der Waals surface area contributed by atoms with Gasteiger partial charge in [-0.2, -0.15) is 0 Å². The lowest BCUT2D eigenvalue weighted by atomic mass is 9.99. The molecule has 0 spiro atoms.